The van der Waals surface area contributed by atoms with Gasteiger partial charge in [0.15, 0.2) is 0 Å². The van der Waals surface area contributed by atoms with Gasteiger partial charge >= 0.3 is 27.0 Å². The van der Waals surface area contributed by atoms with Gasteiger partial charge in [0.05, 0.1) is 4.90 Å². The van der Waals surface area contributed by atoms with E-state index in [0.29, 0.717) is 12.9 Å². The van der Waals surface area contributed by atoms with E-state index in [2.05, 4.69) is 9.69 Å². The van der Waals surface area contributed by atoms with E-state index in [9.17, 15) is 8.42 Å². The maximum atomic E-state index is 10.6. The summed E-state index contributed by atoms with van der Waals surface area (Å²) in [5, 5.41) is 13.5. The van der Waals surface area contributed by atoms with Gasteiger partial charge in [0.1, 0.15) is 0 Å². The molecule has 0 radical (unpaired) electrons. The summed E-state index contributed by atoms with van der Waals surface area (Å²) in [5.74, 6) is 0. The summed E-state index contributed by atoms with van der Waals surface area (Å²) in [4.78, 5) is 16.6. The van der Waals surface area contributed by atoms with Crippen molar-refractivity contribution < 1.29 is 45.5 Å². The van der Waals surface area contributed by atoms with Crippen LogP contribution >= 0.6 is 20.4 Å². The van der Waals surface area contributed by atoms with Gasteiger partial charge in [-0.2, -0.15) is 0 Å². The van der Waals surface area contributed by atoms with E-state index in [4.69, 9.17) is 30.5 Å². The number of rotatable bonds is 1. The average Bonchev–Trinajstić information content (AvgIpc) is 2.34. The van der Waals surface area contributed by atoms with Crippen molar-refractivity contribution in [2.45, 2.75) is 4.90 Å². The molecule has 0 bridgehead atoms. The van der Waals surface area contributed by atoms with Crippen LogP contribution in [0.4, 0.5) is 0 Å². The van der Waals surface area contributed by atoms with Crippen molar-refractivity contribution in [1.82, 2.24) is 0 Å². The van der Waals surface area contributed by atoms with Crippen LogP contribution in [0.5, 0.6) is 0 Å². The van der Waals surface area contributed by atoms with Crippen LogP contribution in [0.25, 0.3) is 0 Å². The quantitative estimate of drug-likeness (QED) is 0.418. The van der Waals surface area contributed by atoms with Crippen LogP contribution in [-0.2, 0) is 36.0 Å². The number of halogens is 2. The normalized spacial score (nSPS) is 7.89. The Morgan fingerprint density at radius 3 is 1.44 bits per heavy atom. The van der Waals surface area contributed by atoms with E-state index in [0.717, 1.165) is 0 Å². The third-order valence-electron chi connectivity index (χ3n) is 1.02. The predicted molar refractivity (Wildman–Crippen MR) is 62.0 cm³/mol. The Morgan fingerprint density at radius 1 is 1.00 bits per heavy atom. The molecule has 18 heavy (non-hydrogen) atoms. The number of hydrogen-bond donors (Lipinski definition) is 2. The van der Waals surface area contributed by atoms with Crippen molar-refractivity contribution in [3.8, 4) is 0 Å². The molecule has 0 amide bonds. The maximum absolute atomic E-state index is 10.6. The minimum atomic E-state index is -3.53. The Bertz CT molecular complexity index is 391. The van der Waals surface area contributed by atoms with E-state index < -0.39 is 9.05 Å². The van der Waals surface area contributed by atoms with Crippen molar-refractivity contribution >= 4 is 42.4 Å². The molecular weight excluding hydrogens is 396 g/mol. The molecular formula is C8H7Cl2O6RuS. The molecule has 0 aromatic heterocycles. The van der Waals surface area contributed by atoms with Crippen molar-refractivity contribution in [2.75, 3.05) is 0 Å². The fourth-order valence-corrected chi connectivity index (χ4v) is 1.37. The van der Waals surface area contributed by atoms with E-state index in [-0.39, 0.29) is 4.90 Å². The van der Waals surface area contributed by atoms with Gasteiger partial charge in [-0.15, -0.1) is 0 Å². The fraction of sp³-hybridized carbons (Fsp3) is 0. The molecule has 0 unspecified atom stereocenters. The van der Waals surface area contributed by atoms with E-state index in [1.54, 1.807) is 18.2 Å². The van der Waals surface area contributed by atoms with Crippen molar-refractivity contribution in [1.29, 1.82) is 0 Å². The molecule has 10 heteroatoms. The molecule has 103 valence electrons. The zero-order valence-electron chi connectivity index (χ0n) is 8.43. The minimum absolute atomic E-state index is 0.136. The van der Waals surface area contributed by atoms with Gasteiger partial charge in [0, 0.05) is 10.7 Å². The summed E-state index contributed by atoms with van der Waals surface area (Å²) in [7, 11) is 6.07. The molecule has 0 fully saturated rings. The molecule has 0 aliphatic heterocycles. The van der Waals surface area contributed by atoms with Crippen LogP contribution in [0.1, 0.15) is 0 Å². The molecule has 0 saturated carbocycles. The van der Waals surface area contributed by atoms with Gasteiger partial charge < -0.3 is 19.8 Å². The van der Waals surface area contributed by atoms with Gasteiger partial charge in [-0.1, -0.05) is 31.1 Å². The summed E-state index contributed by atoms with van der Waals surface area (Å²) in [6.07, 6.45) is 0. The summed E-state index contributed by atoms with van der Waals surface area (Å²) >= 11 is 1.82. The molecule has 0 heterocycles. The Morgan fingerprint density at radius 2 is 1.28 bits per heavy atom. The summed E-state index contributed by atoms with van der Waals surface area (Å²) < 4.78 is 21.2. The first-order chi connectivity index (χ1) is 8.43. The molecule has 0 aliphatic carbocycles. The summed E-state index contributed by atoms with van der Waals surface area (Å²) in [6, 6.07) is 7.86. The molecule has 0 spiro atoms. The fourth-order valence-electron chi connectivity index (χ4n) is 0.583. The average molecular weight is 403 g/mol. The Kier molecular flexibility index (Phi) is 20.4. The van der Waals surface area contributed by atoms with E-state index >= 15 is 0 Å². The molecule has 1 aromatic rings. The molecule has 0 saturated heterocycles. The molecule has 6 nitrogen and oxygen atoms in total. The van der Waals surface area contributed by atoms with Gasteiger partial charge in [-0.25, -0.2) is 8.42 Å². The van der Waals surface area contributed by atoms with Gasteiger partial charge in [0.2, 0.25) is 0 Å². The van der Waals surface area contributed by atoms with Gasteiger partial charge in [-0.3, -0.25) is 0 Å². The SMILES string of the molecule is O=S(=O)(Cl)c1ccccc1.O=[C-]O.O=[C-]O.[Cl][Ru+2]. The number of benzene rings is 1. The second-order valence-electron chi connectivity index (χ2n) is 1.93. The second-order valence-corrected chi connectivity index (χ2v) is 4.50. The first-order valence-electron chi connectivity index (χ1n) is 3.59. The summed E-state index contributed by atoms with van der Waals surface area (Å²) in [5.41, 5.74) is 0. The molecule has 1 rings (SSSR count). The molecule has 0 atom stereocenters. The first kappa shape index (κ1) is 22.5. The standard InChI is InChI=1S/C6H5ClO2S.2CHO2.ClH.Ru/c7-10(8,9)6-4-2-1-3-5-6;2*2-1-3;;/h1-5H;2*(H,2,3);1H;/q;2*-1;;+3/p-1. The topological polar surface area (TPSA) is 109 Å². The molecule has 0 aliphatic rings. The van der Waals surface area contributed by atoms with E-state index in [1.165, 1.54) is 12.1 Å². The third-order valence-corrected chi connectivity index (χ3v) is 2.39. The van der Waals surface area contributed by atoms with Crippen molar-refractivity contribution in [2.24, 2.45) is 0 Å². The second kappa shape index (κ2) is 16.3. The number of aliphatic hydroxyl groups excluding tert-OH is 2. The Labute approximate surface area is 123 Å². The monoisotopic (exact) mass is 403 g/mol. The first-order valence-corrected chi connectivity index (χ1v) is 8.14. The van der Waals surface area contributed by atoms with Crippen molar-refractivity contribution in [3.63, 3.8) is 0 Å². The number of hydrogen-bond acceptors (Lipinski definition) is 4. The Hall–Kier alpha value is -0.687. The Balaban J connectivity index is -0.000000237. The van der Waals surface area contributed by atoms with Crippen LogP contribution in [0.2, 0.25) is 0 Å². The van der Waals surface area contributed by atoms with E-state index in [1.807, 2.05) is 17.3 Å². The molecule has 1 aromatic carbocycles. The van der Waals surface area contributed by atoms with Crippen LogP contribution < -0.4 is 0 Å². The summed E-state index contributed by atoms with van der Waals surface area (Å²) in [6.45, 7) is 1.00. The van der Waals surface area contributed by atoms with Crippen LogP contribution in [-0.4, -0.2) is 31.6 Å². The van der Waals surface area contributed by atoms with Crippen LogP contribution in [0.3, 0.4) is 0 Å². The van der Waals surface area contributed by atoms with Crippen LogP contribution in [0.15, 0.2) is 35.2 Å². The van der Waals surface area contributed by atoms with Crippen molar-refractivity contribution in [3.05, 3.63) is 30.3 Å². The van der Waals surface area contributed by atoms with Crippen LogP contribution in [0, 0.1) is 0 Å². The zero-order chi connectivity index (χ0) is 15.0. The van der Waals surface area contributed by atoms with Gasteiger partial charge in [-0.05, 0) is 12.1 Å². The zero-order valence-corrected chi connectivity index (χ0v) is 12.5. The van der Waals surface area contributed by atoms with Gasteiger partial charge in [0.25, 0.3) is 9.05 Å². The predicted octanol–water partition coefficient (Wildman–Crippen LogP) is 1.52. The molecule has 2 N–H and O–H groups in total. The third kappa shape index (κ3) is 17.7.